The first-order valence-electron chi connectivity index (χ1n) is 22.4. The van der Waals surface area contributed by atoms with Crippen LogP contribution in [-0.2, 0) is 11.8 Å². The summed E-state index contributed by atoms with van der Waals surface area (Å²) in [5, 5.41) is 0. The molecule has 0 fully saturated rings. The van der Waals surface area contributed by atoms with Gasteiger partial charge in [-0.25, -0.2) is 0 Å². The molecular weight excluding hydrogens is 771 g/mol. The van der Waals surface area contributed by atoms with E-state index < -0.39 is 5.41 Å². The SMILES string of the molecule is c1ccc(-c2ccc(N(c3cccc(-c4ccc5c(c4)-c4ccccc4C(c4ccccc4)C5)c3)c3ccc4c(c3)C(c3ccccc3)(c3ccccc3)c3ccccc3-4)cc2)cc1. The molecule has 2 aliphatic carbocycles. The molecule has 64 heavy (non-hydrogen) atoms. The third-order valence-corrected chi connectivity index (χ3v) is 13.7. The van der Waals surface area contributed by atoms with Gasteiger partial charge in [-0.2, -0.15) is 0 Å². The summed E-state index contributed by atoms with van der Waals surface area (Å²) in [6.07, 6.45) is 0.985. The Morgan fingerprint density at radius 2 is 0.859 bits per heavy atom. The number of hydrogen-bond acceptors (Lipinski definition) is 1. The highest BCUT2D eigenvalue weighted by molar-refractivity contribution is 5.90. The zero-order valence-electron chi connectivity index (χ0n) is 35.5. The predicted molar refractivity (Wildman–Crippen MR) is 267 cm³/mol. The fourth-order valence-corrected chi connectivity index (χ4v) is 10.8. The Balaban J connectivity index is 1.02. The van der Waals surface area contributed by atoms with Gasteiger partial charge in [0, 0.05) is 23.0 Å². The first kappa shape index (κ1) is 37.7. The molecule has 2 aliphatic rings. The molecule has 1 nitrogen and oxygen atoms in total. The highest BCUT2D eigenvalue weighted by atomic mass is 15.1. The van der Waals surface area contributed by atoms with Gasteiger partial charge < -0.3 is 4.90 Å². The minimum atomic E-state index is -0.506. The monoisotopic (exact) mass is 815 g/mol. The first-order chi connectivity index (χ1) is 31.7. The minimum absolute atomic E-state index is 0.337. The van der Waals surface area contributed by atoms with Crippen LogP contribution in [0.3, 0.4) is 0 Å². The van der Waals surface area contributed by atoms with E-state index in [9.17, 15) is 0 Å². The molecule has 0 N–H and O–H groups in total. The van der Waals surface area contributed by atoms with Crippen LogP contribution in [0.25, 0.3) is 44.5 Å². The van der Waals surface area contributed by atoms with E-state index in [1.54, 1.807) is 0 Å². The van der Waals surface area contributed by atoms with Gasteiger partial charge in [-0.3, -0.25) is 0 Å². The maximum Gasteiger partial charge on any atom is 0.0714 e. The normalized spacial score (nSPS) is 14.2. The van der Waals surface area contributed by atoms with Gasteiger partial charge in [0.05, 0.1) is 5.41 Å². The molecule has 12 rings (SSSR count). The molecule has 1 atom stereocenters. The molecule has 0 bridgehead atoms. The number of anilines is 3. The standard InChI is InChI=1S/C63H45N/c1-5-18-44(19-6-1)45-34-36-52(37-35-45)64(54-38-39-58-57-30-15-16-31-61(57)63(62(58)43-54,50-23-9-3-10-24-50)51-25-11-4-12-26-51)53-27-17-22-47(40-53)48-32-33-49-42-59(46-20-7-2-8-21-46)55-28-13-14-29-56(55)60(49)41-48/h1-41,43,59H,42H2. The molecule has 0 spiro atoms. The first-order valence-corrected chi connectivity index (χ1v) is 22.4. The van der Waals surface area contributed by atoms with Crippen molar-refractivity contribution in [3.05, 3.63) is 294 Å². The highest BCUT2D eigenvalue weighted by Crippen LogP contribution is 2.57. The van der Waals surface area contributed by atoms with Crippen LogP contribution in [0.15, 0.2) is 255 Å². The lowest BCUT2D eigenvalue weighted by Crippen LogP contribution is -2.28. The number of rotatable bonds is 8. The van der Waals surface area contributed by atoms with E-state index in [1.165, 1.54) is 83.5 Å². The van der Waals surface area contributed by atoms with Gasteiger partial charge in [-0.15, -0.1) is 0 Å². The van der Waals surface area contributed by atoms with Crippen molar-refractivity contribution >= 4 is 17.1 Å². The second kappa shape index (κ2) is 15.7. The van der Waals surface area contributed by atoms with Crippen molar-refractivity contribution in [2.75, 3.05) is 4.90 Å². The van der Waals surface area contributed by atoms with Gasteiger partial charge in [-0.1, -0.05) is 212 Å². The van der Waals surface area contributed by atoms with Gasteiger partial charge in [-0.05, 0) is 132 Å². The summed E-state index contributed by atoms with van der Waals surface area (Å²) in [6.45, 7) is 0. The van der Waals surface area contributed by atoms with Crippen molar-refractivity contribution in [1.29, 1.82) is 0 Å². The van der Waals surface area contributed by atoms with Crippen molar-refractivity contribution in [3.8, 4) is 44.5 Å². The van der Waals surface area contributed by atoms with E-state index in [4.69, 9.17) is 0 Å². The fourth-order valence-electron chi connectivity index (χ4n) is 10.8. The molecule has 302 valence electrons. The number of fused-ring (bicyclic) bond motifs is 6. The molecule has 10 aromatic rings. The Bertz CT molecular complexity index is 3240. The van der Waals surface area contributed by atoms with E-state index in [0.717, 1.165) is 23.5 Å². The van der Waals surface area contributed by atoms with E-state index in [2.05, 4.69) is 260 Å². The zero-order chi connectivity index (χ0) is 42.5. The van der Waals surface area contributed by atoms with E-state index in [0.29, 0.717) is 5.92 Å². The molecular formula is C63H45N. The molecule has 0 aromatic heterocycles. The highest BCUT2D eigenvalue weighted by Gasteiger charge is 2.46. The van der Waals surface area contributed by atoms with Crippen molar-refractivity contribution in [3.63, 3.8) is 0 Å². The quantitative estimate of drug-likeness (QED) is 0.148. The summed E-state index contributed by atoms with van der Waals surface area (Å²) in [5.74, 6) is 0.337. The van der Waals surface area contributed by atoms with Crippen LogP contribution < -0.4 is 4.90 Å². The topological polar surface area (TPSA) is 3.24 Å². The number of benzene rings is 10. The van der Waals surface area contributed by atoms with Crippen molar-refractivity contribution < 1.29 is 0 Å². The summed E-state index contributed by atoms with van der Waals surface area (Å²) in [7, 11) is 0. The second-order valence-electron chi connectivity index (χ2n) is 17.2. The molecule has 1 heteroatoms. The molecule has 0 saturated carbocycles. The summed E-state index contributed by atoms with van der Waals surface area (Å²) in [5.41, 5.74) is 22.1. The molecule has 0 radical (unpaired) electrons. The molecule has 0 heterocycles. The van der Waals surface area contributed by atoms with Gasteiger partial charge in [0.25, 0.3) is 0 Å². The molecule has 0 amide bonds. The van der Waals surface area contributed by atoms with Crippen molar-refractivity contribution in [2.24, 2.45) is 0 Å². The van der Waals surface area contributed by atoms with Crippen LogP contribution >= 0.6 is 0 Å². The molecule has 0 saturated heterocycles. The zero-order valence-corrected chi connectivity index (χ0v) is 35.5. The van der Waals surface area contributed by atoms with Crippen LogP contribution in [0.5, 0.6) is 0 Å². The Hall–Kier alpha value is -8.00. The van der Waals surface area contributed by atoms with Gasteiger partial charge in [0.2, 0.25) is 0 Å². The maximum absolute atomic E-state index is 2.46. The van der Waals surface area contributed by atoms with E-state index in [1.807, 2.05) is 0 Å². The third kappa shape index (κ3) is 6.23. The fraction of sp³-hybridized carbons (Fsp3) is 0.0476. The van der Waals surface area contributed by atoms with Gasteiger partial charge in [0.1, 0.15) is 0 Å². The summed E-state index contributed by atoms with van der Waals surface area (Å²) < 4.78 is 0. The predicted octanol–water partition coefficient (Wildman–Crippen LogP) is 16.2. The summed E-state index contributed by atoms with van der Waals surface area (Å²) in [4.78, 5) is 2.44. The summed E-state index contributed by atoms with van der Waals surface area (Å²) >= 11 is 0. The van der Waals surface area contributed by atoms with Crippen LogP contribution in [0.4, 0.5) is 17.1 Å². The van der Waals surface area contributed by atoms with Crippen LogP contribution in [-0.4, -0.2) is 0 Å². The van der Waals surface area contributed by atoms with Crippen LogP contribution in [0.1, 0.15) is 44.9 Å². The molecule has 10 aromatic carbocycles. The number of hydrogen-bond donors (Lipinski definition) is 0. The molecule has 0 aliphatic heterocycles. The van der Waals surface area contributed by atoms with E-state index in [-0.39, 0.29) is 0 Å². The Kier molecular flexibility index (Phi) is 9.27. The maximum atomic E-state index is 2.46. The lowest BCUT2D eigenvalue weighted by Gasteiger charge is -2.35. The molecule has 1 unspecified atom stereocenters. The average molecular weight is 816 g/mol. The van der Waals surface area contributed by atoms with Gasteiger partial charge >= 0.3 is 0 Å². The Labute approximate surface area is 376 Å². The number of nitrogens with zero attached hydrogens (tertiary/aromatic N) is 1. The van der Waals surface area contributed by atoms with Crippen molar-refractivity contribution in [1.82, 2.24) is 0 Å². The largest absolute Gasteiger partial charge is 0.310 e. The van der Waals surface area contributed by atoms with Gasteiger partial charge in [0.15, 0.2) is 0 Å². The van der Waals surface area contributed by atoms with E-state index >= 15 is 0 Å². The van der Waals surface area contributed by atoms with Crippen LogP contribution in [0.2, 0.25) is 0 Å². The smallest absolute Gasteiger partial charge is 0.0714 e. The van der Waals surface area contributed by atoms with Crippen molar-refractivity contribution in [2.45, 2.75) is 17.8 Å². The minimum Gasteiger partial charge on any atom is -0.310 e. The lowest BCUT2D eigenvalue weighted by atomic mass is 9.67. The Morgan fingerprint density at radius 3 is 1.59 bits per heavy atom. The second-order valence-corrected chi connectivity index (χ2v) is 17.2. The average Bonchev–Trinajstić information content (AvgIpc) is 3.68. The Morgan fingerprint density at radius 1 is 0.328 bits per heavy atom. The van der Waals surface area contributed by atoms with Crippen LogP contribution in [0, 0.1) is 0 Å². The summed E-state index contributed by atoms with van der Waals surface area (Å²) in [6, 6.07) is 94.2. The third-order valence-electron chi connectivity index (χ3n) is 13.7. The lowest BCUT2D eigenvalue weighted by molar-refractivity contribution is 0.768.